The summed E-state index contributed by atoms with van der Waals surface area (Å²) >= 11 is 0. The van der Waals surface area contributed by atoms with E-state index in [2.05, 4.69) is 25.5 Å². The molecule has 1 unspecified atom stereocenters. The van der Waals surface area contributed by atoms with E-state index in [1.165, 1.54) is 6.20 Å². The van der Waals surface area contributed by atoms with Crippen LogP contribution in [0.4, 0.5) is 0 Å². The van der Waals surface area contributed by atoms with Gasteiger partial charge in [-0.05, 0) is 25.8 Å². The molecule has 0 spiro atoms. The predicted octanol–water partition coefficient (Wildman–Crippen LogP) is 0.795. The molecule has 3 rings (SSSR count). The van der Waals surface area contributed by atoms with Crippen LogP contribution in [0.5, 0.6) is 0 Å². The molecule has 2 heterocycles. The van der Waals surface area contributed by atoms with E-state index < -0.39 is 0 Å². The highest BCUT2D eigenvalue weighted by molar-refractivity contribution is 5.94. The van der Waals surface area contributed by atoms with Crippen LogP contribution in [0.15, 0.2) is 18.6 Å². The first-order chi connectivity index (χ1) is 9.22. The van der Waals surface area contributed by atoms with Crippen LogP contribution in [-0.2, 0) is 12.8 Å². The molecule has 2 aromatic rings. The van der Waals surface area contributed by atoms with Gasteiger partial charge in [0, 0.05) is 18.2 Å². The van der Waals surface area contributed by atoms with Crippen LogP contribution in [0.1, 0.15) is 33.9 Å². The van der Waals surface area contributed by atoms with Gasteiger partial charge in [-0.15, -0.1) is 0 Å². The van der Waals surface area contributed by atoms with Gasteiger partial charge in [0.15, 0.2) is 0 Å². The number of amides is 1. The van der Waals surface area contributed by atoms with Crippen LogP contribution >= 0.6 is 0 Å². The maximum atomic E-state index is 12.1. The molecule has 6 heteroatoms. The molecule has 1 amide bonds. The number of H-pyrrole nitrogens is 1. The van der Waals surface area contributed by atoms with Crippen LogP contribution in [-0.4, -0.2) is 32.1 Å². The summed E-state index contributed by atoms with van der Waals surface area (Å²) in [6.07, 6.45) is 5.83. The third-order valence-corrected chi connectivity index (χ3v) is 3.36. The number of hydrogen-bond acceptors (Lipinski definition) is 4. The summed E-state index contributed by atoms with van der Waals surface area (Å²) in [5, 5.41) is 10.7. The van der Waals surface area contributed by atoms with E-state index in [0.717, 1.165) is 36.3 Å². The van der Waals surface area contributed by atoms with Crippen LogP contribution in [0.2, 0.25) is 0 Å². The molecule has 98 valence electrons. The lowest BCUT2D eigenvalue weighted by Crippen LogP contribution is -2.39. The van der Waals surface area contributed by atoms with Gasteiger partial charge in [-0.1, -0.05) is 0 Å². The molecule has 2 N–H and O–H groups in total. The van der Waals surface area contributed by atoms with E-state index in [9.17, 15) is 4.79 Å². The number of rotatable bonds is 2. The number of aromatic nitrogens is 4. The van der Waals surface area contributed by atoms with Gasteiger partial charge in [0.1, 0.15) is 0 Å². The van der Waals surface area contributed by atoms with Crippen molar-refractivity contribution in [3.63, 3.8) is 0 Å². The molecule has 6 nitrogen and oxygen atoms in total. The number of carbonyl (C=O) groups excluding carboxylic acids is 1. The normalized spacial score (nSPS) is 17.8. The minimum Gasteiger partial charge on any atom is -0.349 e. The lowest BCUT2D eigenvalue weighted by atomic mass is 9.96. The van der Waals surface area contributed by atoms with Crippen LogP contribution < -0.4 is 5.32 Å². The molecule has 0 bridgehead atoms. The number of nitrogens with one attached hydrogen (secondary N) is 2. The second kappa shape index (κ2) is 4.79. The van der Waals surface area contributed by atoms with E-state index >= 15 is 0 Å². The minimum atomic E-state index is -0.0917. The average Bonchev–Trinajstić information content (AvgIpc) is 2.86. The molecule has 2 aromatic heterocycles. The molecule has 0 aromatic carbocycles. The van der Waals surface area contributed by atoms with Gasteiger partial charge in [-0.2, -0.15) is 10.2 Å². The van der Waals surface area contributed by atoms with Gasteiger partial charge in [0.25, 0.3) is 5.91 Å². The standard InChI is InChI=1S/C13H15N5O/c1-8-4-9(6-16-18-8)13(19)17-10-2-3-11-12(5-10)15-7-14-11/h4,6-7,10H,2-3,5H2,1H3,(H,14,15)(H,17,19). The third kappa shape index (κ3) is 2.47. The van der Waals surface area contributed by atoms with Crippen molar-refractivity contribution in [2.45, 2.75) is 32.2 Å². The average molecular weight is 257 g/mol. The molecule has 1 aliphatic rings. The minimum absolute atomic E-state index is 0.0917. The molecule has 1 atom stereocenters. The Balaban J connectivity index is 1.68. The molecule has 0 aliphatic heterocycles. The second-order valence-corrected chi connectivity index (χ2v) is 4.83. The van der Waals surface area contributed by atoms with Crippen molar-refractivity contribution in [3.8, 4) is 0 Å². The quantitative estimate of drug-likeness (QED) is 0.833. The zero-order chi connectivity index (χ0) is 13.2. The first-order valence-electron chi connectivity index (χ1n) is 6.33. The molecule has 1 aliphatic carbocycles. The van der Waals surface area contributed by atoms with Crippen molar-refractivity contribution in [3.05, 3.63) is 41.2 Å². The van der Waals surface area contributed by atoms with Crippen molar-refractivity contribution in [2.75, 3.05) is 0 Å². The van der Waals surface area contributed by atoms with Crippen LogP contribution in [0.25, 0.3) is 0 Å². The predicted molar refractivity (Wildman–Crippen MR) is 68.6 cm³/mol. The zero-order valence-corrected chi connectivity index (χ0v) is 10.7. The molecular weight excluding hydrogens is 242 g/mol. The summed E-state index contributed by atoms with van der Waals surface area (Å²) in [7, 11) is 0. The Kier molecular flexibility index (Phi) is 2.98. The number of aromatic amines is 1. The van der Waals surface area contributed by atoms with Crippen LogP contribution in [0.3, 0.4) is 0 Å². The highest BCUT2D eigenvalue weighted by atomic mass is 16.1. The highest BCUT2D eigenvalue weighted by Gasteiger charge is 2.22. The Hall–Kier alpha value is -2.24. The number of fused-ring (bicyclic) bond motifs is 1. The fourth-order valence-corrected chi connectivity index (χ4v) is 2.39. The first-order valence-corrected chi connectivity index (χ1v) is 6.33. The Morgan fingerprint density at radius 1 is 1.53 bits per heavy atom. The largest absolute Gasteiger partial charge is 0.349 e. The molecular formula is C13H15N5O. The maximum Gasteiger partial charge on any atom is 0.253 e. The number of nitrogens with zero attached hydrogens (tertiary/aromatic N) is 3. The van der Waals surface area contributed by atoms with Gasteiger partial charge >= 0.3 is 0 Å². The second-order valence-electron chi connectivity index (χ2n) is 4.83. The molecule has 0 saturated heterocycles. The number of aryl methyl sites for hydroxylation is 2. The third-order valence-electron chi connectivity index (χ3n) is 3.36. The Morgan fingerprint density at radius 2 is 2.42 bits per heavy atom. The number of hydrogen-bond donors (Lipinski definition) is 2. The molecule has 19 heavy (non-hydrogen) atoms. The van der Waals surface area contributed by atoms with Gasteiger partial charge < -0.3 is 10.3 Å². The SMILES string of the molecule is Cc1cc(C(=O)NC2CCc3nc[nH]c3C2)cnn1. The van der Waals surface area contributed by atoms with Crippen molar-refractivity contribution < 1.29 is 4.79 Å². The lowest BCUT2D eigenvalue weighted by molar-refractivity contribution is 0.0932. The van der Waals surface area contributed by atoms with E-state index in [1.807, 2.05) is 6.92 Å². The smallest absolute Gasteiger partial charge is 0.253 e. The fourth-order valence-electron chi connectivity index (χ4n) is 2.39. The summed E-state index contributed by atoms with van der Waals surface area (Å²) in [4.78, 5) is 19.5. The van der Waals surface area contributed by atoms with Crippen molar-refractivity contribution in [2.24, 2.45) is 0 Å². The fraction of sp³-hybridized carbons (Fsp3) is 0.385. The number of carbonyl (C=O) groups is 1. The Bertz CT molecular complexity index is 607. The Morgan fingerprint density at radius 3 is 3.26 bits per heavy atom. The monoisotopic (exact) mass is 257 g/mol. The summed E-state index contributed by atoms with van der Waals surface area (Å²) in [5.41, 5.74) is 3.54. The molecule has 0 fully saturated rings. The number of imidazole rings is 1. The van der Waals surface area contributed by atoms with Gasteiger partial charge in [-0.3, -0.25) is 4.79 Å². The van der Waals surface area contributed by atoms with Gasteiger partial charge in [-0.25, -0.2) is 4.98 Å². The first kappa shape index (κ1) is 11.8. The molecule has 0 radical (unpaired) electrons. The van der Waals surface area contributed by atoms with E-state index in [1.54, 1.807) is 12.4 Å². The summed E-state index contributed by atoms with van der Waals surface area (Å²) in [6, 6.07) is 1.89. The summed E-state index contributed by atoms with van der Waals surface area (Å²) < 4.78 is 0. The van der Waals surface area contributed by atoms with Gasteiger partial charge in [0.05, 0.1) is 29.5 Å². The maximum absolute atomic E-state index is 12.1. The summed E-state index contributed by atoms with van der Waals surface area (Å²) in [6.45, 7) is 1.82. The summed E-state index contributed by atoms with van der Waals surface area (Å²) in [5.74, 6) is -0.0917. The molecule has 0 saturated carbocycles. The van der Waals surface area contributed by atoms with Crippen molar-refractivity contribution in [1.82, 2.24) is 25.5 Å². The topological polar surface area (TPSA) is 83.6 Å². The van der Waals surface area contributed by atoms with Crippen molar-refractivity contribution >= 4 is 5.91 Å². The zero-order valence-electron chi connectivity index (χ0n) is 10.7. The van der Waals surface area contributed by atoms with E-state index in [4.69, 9.17) is 0 Å². The lowest BCUT2D eigenvalue weighted by Gasteiger charge is -2.22. The van der Waals surface area contributed by atoms with E-state index in [-0.39, 0.29) is 11.9 Å². The van der Waals surface area contributed by atoms with Crippen LogP contribution in [0, 0.1) is 6.92 Å². The van der Waals surface area contributed by atoms with Gasteiger partial charge in [0.2, 0.25) is 0 Å². The Labute approximate surface area is 110 Å². The van der Waals surface area contributed by atoms with E-state index in [0.29, 0.717) is 5.56 Å². The van der Waals surface area contributed by atoms with Crippen molar-refractivity contribution in [1.29, 1.82) is 0 Å². The highest BCUT2D eigenvalue weighted by Crippen LogP contribution is 2.18.